The third-order valence-corrected chi connectivity index (χ3v) is 4.27. The predicted octanol–water partition coefficient (Wildman–Crippen LogP) is 0.760. The van der Waals surface area contributed by atoms with Crippen LogP contribution in [0.15, 0.2) is 24.3 Å². The van der Waals surface area contributed by atoms with E-state index in [9.17, 15) is 0 Å². The van der Waals surface area contributed by atoms with Gasteiger partial charge in [0.25, 0.3) is 0 Å². The lowest BCUT2D eigenvalue weighted by Crippen LogP contribution is -2.42. The minimum absolute atomic E-state index is 0.513. The summed E-state index contributed by atoms with van der Waals surface area (Å²) >= 11 is 0. The maximum Gasteiger partial charge on any atom is 0.0400 e. The molecule has 1 unspecified atom stereocenters. The molecule has 0 radical (unpaired) electrons. The molecule has 0 aromatic heterocycles. The summed E-state index contributed by atoms with van der Waals surface area (Å²) in [5.74, 6) is 0. The van der Waals surface area contributed by atoms with Gasteiger partial charge < -0.3 is 10.6 Å². The van der Waals surface area contributed by atoms with E-state index in [-0.39, 0.29) is 0 Å². The number of hydrogen-bond acceptors (Lipinski definition) is 5. The summed E-state index contributed by atoms with van der Waals surface area (Å²) in [6.45, 7) is 7.63. The second-order valence-electron chi connectivity index (χ2n) is 6.01. The molecule has 0 saturated carbocycles. The molecule has 1 aromatic carbocycles. The largest absolute Gasteiger partial charge is 0.381 e. The molecule has 0 bridgehead atoms. The van der Waals surface area contributed by atoms with Crippen molar-refractivity contribution in [3.63, 3.8) is 0 Å². The van der Waals surface area contributed by atoms with Crippen molar-refractivity contribution in [1.82, 2.24) is 21.1 Å². The Bertz CT molecular complexity index is 405. The molecule has 2 aliphatic heterocycles. The Kier molecular flexibility index (Phi) is 5.46. The van der Waals surface area contributed by atoms with Gasteiger partial charge in [-0.15, -0.1) is 0 Å². The highest BCUT2D eigenvalue weighted by molar-refractivity contribution is 5.45. The van der Waals surface area contributed by atoms with Crippen LogP contribution in [0.1, 0.15) is 18.4 Å². The molecule has 2 aliphatic rings. The summed E-state index contributed by atoms with van der Waals surface area (Å²) in [6.07, 6.45) is 2.42. The topological polar surface area (TPSA) is 51.4 Å². The number of nitrogens with one attached hydrogen (secondary N) is 4. The Hall–Kier alpha value is -1.14. The second kappa shape index (κ2) is 7.75. The van der Waals surface area contributed by atoms with Crippen LogP contribution in [0, 0.1) is 0 Å². The maximum absolute atomic E-state index is 3.63. The molecule has 2 saturated heterocycles. The molecule has 116 valence electrons. The fraction of sp³-hybridized carbons (Fsp3) is 0.625. The normalized spacial score (nSPS) is 24.5. The number of nitrogens with zero attached hydrogens (tertiary/aromatic N) is 1. The minimum atomic E-state index is 0.513. The second-order valence-corrected chi connectivity index (χ2v) is 6.01. The van der Waals surface area contributed by atoms with Crippen LogP contribution in [0.5, 0.6) is 0 Å². The molecule has 0 amide bonds. The maximum atomic E-state index is 3.63. The smallest absolute Gasteiger partial charge is 0.0400 e. The van der Waals surface area contributed by atoms with Crippen LogP contribution in [0.25, 0.3) is 0 Å². The first kappa shape index (κ1) is 14.8. The molecule has 0 aliphatic carbocycles. The standard InChI is InChI=1S/C16H27N5/c1-2-16(12-19-18-7-1)20-15-5-3-14(4-6-15)13-21-10-8-17-9-11-21/h3-6,16-20H,1-2,7-13H2. The lowest BCUT2D eigenvalue weighted by Gasteiger charge is -2.27. The van der Waals surface area contributed by atoms with Gasteiger partial charge in [-0.1, -0.05) is 12.1 Å². The van der Waals surface area contributed by atoms with Crippen LogP contribution in [-0.2, 0) is 6.54 Å². The van der Waals surface area contributed by atoms with Gasteiger partial charge in [0.15, 0.2) is 0 Å². The Labute approximate surface area is 127 Å². The molecule has 2 fully saturated rings. The van der Waals surface area contributed by atoms with Gasteiger partial charge in [0.05, 0.1) is 0 Å². The first-order chi connectivity index (χ1) is 10.4. The first-order valence-corrected chi connectivity index (χ1v) is 8.14. The summed E-state index contributed by atoms with van der Waals surface area (Å²) in [5, 5.41) is 7.02. The number of rotatable bonds is 4. The summed E-state index contributed by atoms with van der Waals surface area (Å²) in [5.41, 5.74) is 9.11. The van der Waals surface area contributed by atoms with E-state index in [0.717, 1.165) is 45.8 Å². The number of anilines is 1. The van der Waals surface area contributed by atoms with E-state index in [2.05, 4.69) is 50.7 Å². The highest BCUT2D eigenvalue weighted by atomic mass is 15.4. The van der Waals surface area contributed by atoms with Crippen LogP contribution in [0.3, 0.4) is 0 Å². The fourth-order valence-electron chi connectivity index (χ4n) is 3.02. The Morgan fingerprint density at radius 3 is 2.67 bits per heavy atom. The van der Waals surface area contributed by atoms with Crippen molar-refractivity contribution in [2.45, 2.75) is 25.4 Å². The van der Waals surface area contributed by atoms with Crippen molar-refractivity contribution >= 4 is 5.69 Å². The summed E-state index contributed by atoms with van der Waals surface area (Å²) in [7, 11) is 0. The van der Waals surface area contributed by atoms with Crippen LogP contribution >= 0.6 is 0 Å². The quantitative estimate of drug-likeness (QED) is 0.659. The van der Waals surface area contributed by atoms with Crippen LogP contribution in [0.2, 0.25) is 0 Å². The van der Waals surface area contributed by atoms with Crippen LogP contribution in [-0.4, -0.2) is 50.2 Å². The summed E-state index contributed by atoms with van der Waals surface area (Å²) in [4.78, 5) is 2.51. The van der Waals surface area contributed by atoms with Crippen molar-refractivity contribution in [2.75, 3.05) is 44.6 Å². The Balaban J connectivity index is 1.50. The van der Waals surface area contributed by atoms with E-state index >= 15 is 0 Å². The number of hydrazine groups is 1. The zero-order valence-corrected chi connectivity index (χ0v) is 12.7. The lowest BCUT2D eigenvalue weighted by atomic mass is 10.1. The molecule has 1 atom stereocenters. The third-order valence-electron chi connectivity index (χ3n) is 4.27. The van der Waals surface area contributed by atoms with Crippen molar-refractivity contribution in [3.05, 3.63) is 29.8 Å². The predicted molar refractivity (Wildman–Crippen MR) is 87.2 cm³/mol. The SMILES string of the molecule is c1cc(NC2CCCNNC2)ccc1CN1CCNCC1. The highest BCUT2D eigenvalue weighted by Gasteiger charge is 2.12. The van der Waals surface area contributed by atoms with Gasteiger partial charge >= 0.3 is 0 Å². The van der Waals surface area contributed by atoms with Gasteiger partial charge in [-0.25, -0.2) is 0 Å². The van der Waals surface area contributed by atoms with Gasteiger partial charge in [-0.05, 0) is 30.5 Å². The monoisotopic (exact) mass is 289 g/mol. The van der Waals surface area contributed by atoms with Crippen LogP contribution in [0.4, 0.5) is 5.69 Å². The molecule has 2 heterocycles. The van der Waals surface area contributed by atoms with E-state index in [1.165, 1.54) is 24.1 Å². The molecule has 5 heteroatoms. The van der Waals surface area contributed by atoms with Gasteiger partial charge in [0.1, 0.15) is 0 Å². The molecule has 0 spiro atoms. The zero-order valence-electron chi connectivity index (χ0n) is 12.7. The average molecular weight is 289 g/mol. The number of hydrogen-bond donors (Lipinski definition) is 4. The van der Waals surface area contributed by atoms with Crippen molar-refractivity contribution in [3.8, 4) is 0 Å². The number of piperazine rings is 1. The van der Waals surface area contributed by atoms with Gasteiger partial charge in [-0.3, -0.25) is 15.8 Å². The first-order valence-electron chi connectivity index (χ1n) is 8.14. The molecular formula is C16H27N5. The lowest BCUT2D eigenvalue weighted by molar-refractivity contribution is 0.233. The van der Waals surface area contributed by atoms with E-state index in [1.54, 1.807) is 0 Å². The van der Waals surface area contributed by atoms with E-state index in [0.29, 0.717) is 6.04 Å². The number of benzene rings is 1. The molecule has 21 heavy (non-hydrogen) atoms. The molecular weight excluding hydrogens is 262 g/mol. The van der Waals surface area contributed by atoms with Crippen molar-refractivity contribution < 1.29 is 0 Å². The van der Waals surface area contributed by atoms with E-state index in [4.69, 9.17) is 0 Å². The molecule has 3 rings (SSSR count). The zero-order chi connectivity index (χ0) is 14.3. The van der Waals surface area contributed by atoms with Gasteiger partial charge in [-0.2, -0.15) is 0 Å². The summed E-state index contributed by atoms with van der Waals surface area (Å²) < 4.78 is 0. The summed E-state index contributed by atoms with van der Waals surface area (Å²) in [6, 6.07) is 9.46. The van der Waals surface area contributed by atoms with Gasteiger partial charge in [0.2, 0.25) is 0 Å². The van der Waals surface area contributed by atoms with Crippen molar-refractivity contribution in [1.29, 1.82) is 0 Å². The van der Waals surface area contributed by atoms with Crippen LogP contribution < -0.4 is 21.5 Å². The molecule has 5 nitrogen and oxygen atoms in total. The fourth-order valence-corrected chi connectivity index (χ4v) is 3.02. The average Bonchev–Trinajstić information content (AvgIpc) is 2.79. The van der Waals surface area contributed by atoms with Crippen molar-refractivity contribution in [2.24, 2.45) is 0 Å². The van der Waals surface area contributed by atoms with Gasteiger partial charge in [0, 0.05) is 57.5 Å². The minimum Gasteiger partial charge on any atom is -0.381 e. The Morgan fingerprint density at radius 1 is 1.05 bits per heavy atom. The van der Waals surface area contributed by atoms with E-state index < -0.39 is 0 Å². The third kappa shape index (κ3) is 4.68. The molecule has 4 N–H and O–H groups in total. The van der Waals surface area contributed by atoms with E-state index in [1.807, 2.05) is 0 Å². The highest BCUT2D eigenvalue weighted by Crippen LogP contribution is 2.14. The Morgan fingerprint density at radius 2 is 1.86 bits per heavy atom. The molecule has 1 aromatic rings.